The molecule has 39 heavy (non-hydrogen) atoms. The van der Waals surface area contributed by atoms with Crippen LogP contribution in [-0.2, 0) is 35.7 Å². The minimum Gasteiger partial charge on any atom is -0.465 e. The highest BCUT2D eigenvalue weighted by molar-refractivity contribution is 5.65. The lowest BCUT2D eigenvalue weighted by Crippen LogP contribution is -2.30. The zero-order valence-corrected chi connectivity index (χ0v) is 24.1. The van der Waals surface area contributed by atoms with E-state index in [-0.39, 0.29) is 5.97 Å². The minimum atomic E-state index is -0.220. The minimum absolute atomic E-state index is 0.220. The molecule has 0 unspecified atom stereocenters. The van der Waals surface area contributed by atoms with Crippen molar-refractivity contribution < 1.29 is 9.53 Å². The number of aromatic nitrogens is 4. The molecule has 0 spiro atoms. The monoisotopic (exact) mass is 537 g/mol. The molecule has 2 aromatic heterocycles. The number of aromatic amines is 2. The van der Waals surface area contributed by atoms with Crippen LogP contribution in [0.3, 0.4) is 0 Å². The third-order valence-corrected chi connectivity index (χ3v) is 6.68. The summed E-state index contributed by atoms with van der Waals surface area (Å²) < 4.78 is 5.26. The topological polar surface area (TPSA) is 93.4 Å². The van der Waals surface area contributed by atoms with E-state index in [0.29, 0.717) is 19.7 Å². The number of unbranched alkanes of at least 4 members (excludes halogenated alkanes) is 1. The Morgan fingerprint density at radius 1 is 0.718 bits per heavy atom. The Hall–Kier alpha value is -3.01. The predicted octanol–water partition coefficient (Wildman–Crippen LogP) is 4.60. The van der Waals surface area contributed by atoms with Gasteiger partial charge >= 0.3 is 5.97 Å². The van der Waals surface area contributed by atoms with Crippen molar-refractivity contribution in [1.82, 2.24) is 34.6 Å². The van der Waals surface area contributed by atoms with Crippen LogP contribution >= 0.6 is 0 Å². The number of carbonyl (C=O) groups excluding carboxylic acids is 1. The Labute approximate surface area is 234 Å². The third kappa shape index (κ3) is 12.1. The first-order valence-electron chi connectivity index (χ1n) is 14.4. The summed E-state index contributed by atoms with van der Waals surface area (Å²) >= 11 is 0. The summed E-state index contributed by atoms with van der Waals surface area (Å²) in [6, 6.07) is 8.86. The van der Waals surface area contributed by atoms with Gasteiger partial charge in [-0.2, -0.15) is 0 Å². The van der Waals surface area contributed by atoms with Gasteiger partial charge in [0.05, 0.1) is 13.1 Å². The van der Waals surface area contributed by atoms with Crippen molar-refractivity contribution in [3.8, 4) is 0 Å². The van der Waals surface area contributed by atoms with Crippen LogP contribution in [0, 0.1) is 0 Å². The van der Waals surface area contributed by atoms with E-state index in [4.69, 9.17) is 4.74 Å². The van der Waals surface area contributed by atoms with Crippen LogP contribution in [0.5, 0.6) is 0 Å². The molecule has 2 heterocycles. The molecule has 0 aliphatic heterocycles. The Balaban J connectivity index is 1.55. The fourth-order valence-corrected chi connectivity index (χ4v) is 4.85. The van der Waals surface area contributed by atoms with E-state index in [1.54, 1.807) is 12.4 Å². The summed E-state index contributed by atoms with van der Waals surface area (Å²) in [5.41, 5.74) is 2.51. The summed E-state index contributed by atoms with van der Waals surface area (Å²) in [5.74, 6) is 1.66. The molecule has 0 aliphatic carbocycles. The Bertz CT molecular complexity index is 980. The molecule has 0 aliphatic rings. The van der Waals surface area contributed by atoms with Gasteiger partial charge in [-0.05, 0) is 63.0 Å². The van der Waals surface area contributed by atoms with Crippen molar-refractivity contribution >= 4 is 5.97 Å². The molecule has 2 N–H and O–H groups in total. The molecule has 0 fully saturated rings. The summed E-state index contributed by atoms with van der Waals surface area (Å²) in [6.45, 7) is 14.7. The maximum atomic E-state index is 11.3. The Kier molecular flexibility index (Phi) is 13.7. The molecule has 0 atom stereocenters. The van der Waals surface area contributed by atoms with Crippen LogP contribution in [0.1, 0.15) is 69.2 Å². The summed E-state index contributed by atoms with van der Waals surface area (Å²) in [6.07, 6.45) is 12.0. The molecule has 0 bridgehead atoms. The second kappa shape index (κ2) is 17.6. The molecule has 0 radical (unpaired) electrons. The largest absolute Gasteiger partial charge is 0.465 e. The molecule has 9 nitrogen and oxygen atoms in total. The number of carbonyl (C=O) groups is 1. The lowest BCUT2D eigenvalue weighted by atomic mass is 10.1. The maximum Gasteiger partial charge on any atom is 0.302 e. The van der Waals surface area contributed by atoms with E-state index in [0.717, 1.165) is 50.8 Å². The molecule has 214 valence electrons. The van der Waals surface area contributed by atoms with Crippen molar-refractivity contribution in [2.45, 2.75) is 72.6 Å². The standard InChI is InChI=1S/C30H47N7O2/c1-4-16-35(17-5-2)18-6-7-19-36(20-21-39-26(3)38)22-27-8-10-28(11-9-27)23-37(24-29-31-12-13-32-29)25-30-33-14-15-34-30/h8-15H,4-7,16-25H2,1-3H3,(H,31,32)(H,33,34). The molecular weight excluding hydrogens is 490 g/mol. The predicted molar refractivity (Wildman–Crippen MR) is 155 cm³/mol. The number of nitrogens with zero attached hydrogens (tertiary/aromatic N) is 5. The van der Waals surface area contributed by atoms with Crippen LogP contribution < -0.4 is 0 Å². The van der Waals surface area contributed by atoms with Gasteiger partial charge in [-0.3, -0.25) is 14.6 Å². The van der Waals surface area contributed by atoms with Crippen molar-refractivity contribution in [2.24, 2.45) is 0 Å². The van der Waals surface area contributed by atoms with E-state index in [9.17, 15) is 4.79 Å². The summed E-state index contributed by atoms with van der Waals surface area (Å²) in [7, 11) is 0. The normalized spacial score (nSPS) is 11.6. The van der Waals surface area contributed by atoms with Gasteiger partial charge in [-0.1, -0.05) is 38.1 Å². The molecular formula is C30H47N7O2. The number of esters is 1. The first-order chi connectivity index (χ1) is 19.1. The van der Waals surface area contributed by atoms with E-state index >= 15 is 0 Å². The molecule has 1 aromatic carbocycles. The van der Waals surface area contributed by atoms with Gasteiger partial charge in [0, 0.05) is 51.3 Å². The molecule has 3 rings (SSSR count). The first-order valence-corrected chi connectivity index (χ1v) is 14.4. The number of H-pyrrole nitrogens is 2. The van der Waals surface area contributed by atoms with Gasteiger partial charge in [-0.15, -0.1) is 0 Å². The average Bonchev–Trinajstić information content (AvgIpc) is 3.62. The van der Waals surface area contributed by atoms with Crippen LogP contribution in [0.15, 0.2) is 49.1 Å². The number of imidazole rings is 2. The number of benzene rings is 1. The molecule has 0 saturated carbocycles. The second-order valence-corrected chi connectivity index (χ2v) is 10.2. The number of hydrogen-bond donors (Lipinski definition) is 2. The van der Waals surface area contributed by atoms with Crippen LogP contribution in [0.4, 0.5) is 0 Å². The number of ether oxygens (including phenoxy) is 1. The summed E-state index contributed by atoms with van der Waals surface area (Å²) in [5, 5.41) is 0. The smallest absolute Gasteiger partial charge is 0.302 e. The van der Waals surface area contributed by atoms with Crippen molar-refractivity contribution in [2.75, 3.05) is 39.3 Å². The molecule has 0 saturated heterocycles. The molecule has 3 aromatic rings. The number of rotatable bonds is 20. The fraction of sp³-hybridized carbons (Fsp3) is 0.567. The van der Waals surface area contributed by atoms with Crippen LogP contribution in [0.25, 0.3) is 0 Å². The van der Waals surface area contributed by atoms with Gasteiger partial charge in [0.1, 0.15) is 18.3 Å². The maximum absolute atomic E-state index is 11.3. The van der Waals surface area contributed by atoms with Crippen molar-refractivity contribution in [3.63, 3.8) is 0 Å². The van der Waals surface area contributed by atoms with Crippen LogP contribution in [0.2, 0.25) is 0 Å². The zero-order valence-electron chi connectivity index (χ0n) is 24.1. The fourth-order valence-electron chi connectivity index (χ4n) is 4.85. The van der Waals surface area contributed by atoms with Gasteiger partial charge < -0.3 is 19.6 Å². The highest BCUT2D eigenvalue weighted by atomic mass is 16.5. The first kappa shape index (κ1) is 30.5. The number of hydrogen-bond acceptors (Lipinski definition) is 7. The third-order valence-electron chi connectivity index (χ3n) is 6.68. The Morgan fingerprint density at radius 3 is 1.69 bits per heavy atom. The molecule has 9 heteroatoms. The summed E-state index contributed by atoms with van der Waals surface area (Å²) in [4.78, 5) is 33.8. The van der Waals surface area contributed by atoms with E-state index in [2.05, 4.69) is 72.7 Å². The second-order valence-electron chi connectivity index (χ2n) is 10.2. The quantitative estimate of drug-likeness (QED) is 0.161. The molecule has 0 amide bonds. The van der Waals surface area contributed by atoms with Gasteiger partial charge in [0.15, 0.2) is 0 Å². The average molecular weight is 538 g/mol. The lowest BCUT2D eigenvalue weighted by Gasteiger charge is -2.24. The van der Waals surface area contributed by atoms with Gasteiger partial charge in [-0.25, -0.2) is 9.97 Å². The highest BCUT2D eigenvalue weighted by Gasteiger charge is 2.12. The van der Waals surface area contributed by atoms with Crippen LogP contribution in [-0.4, -0.2) is 79.9 Å². The van der Waals surface area contributed by atoms with Gasteiger partial charge in [0.25, 0.3) is 0 Å². The number of nitrogens with one attached hydrogen (secondary N) is 2. The lowest BCUT2D eigenvalue weighted by molar-refractivity contribution is -0.141. The van der Waals surface area contributed by atoms with E-state index < -0.39 is 0 Å². The Morgan fingerprint density at radius 2 is 1.23 bits per heavy atom. The van der Waals surface area contributed by atoms with E-state index in [1.807, 2.05) is 12.4 Å². The van der Waals surface area contributed by atoms with E-state index in [1.165, 1.54) is 50.4 Å². The zero-order chi connectivity index (χ0) is 27.7. The van der Waals surface area contributed by atoms with Crippen molar-refractivity contribution in [1.29, 1.82) is 0 Å². The highest BCUT2D eigenvalue weighted by Crippen LogP contribution is 2.14. The SMILES string of the molecule is CCCN(CCC)CCCCN(CCOC(C)=O)Cc1ccc(CN(Cc2ncc[nH]2)Cc2ncc[nH]2)cc1. The van der Waals surface area contributed by atoms with Gasteiger partial charge in [0.2, 0.25) is 0 Å². The van der Waals surface area contributed by atoms with Crippen molar-refractivity contribution in [3.05, 3.63) is 71.8 Å².